The predicted octanol–water partition coefficient (Wildman–Crippen LogP) is 4.12. The van der Waals surface area contributed by atoms with Crippen LogP contribution in [0.1, 0.15) is 23.7 Å². The molecule has 0 aliphatic rings. The van der Waals surface area contributed by atoms with Crippen molar-refractivity contribution in [1.82, 2.24) is 10.3 Å². The summed E-state index contributed by atoms with van der Waals surface area (Å²) < 4.78 is 5.85. The maximum atomic E-state index is 6.11. The molecule has 0 saturated heterocycles. The Hall–Kier alpha value is -1.58. The van der Waals surface area contributed by atoms with Crippen molar-refractivity contribution in [2.75, 3.05) is 7.05 Å². The van der Waals surface area contributed by atoms with Crippen LogP contribution in [0.2, 0.25) is 5.02 Å². The van der Waals surface area contributed by atoms with Gasteiger partial charge in [-0.2, -0.15) is 0 Å². The van der Waals surface area contributed by atoms with Crippen LogP contribution in [-0.4, -0.2) is 12.0 Å². The van der Waals surface area contributed by atoms with Crippen LogP contribution in [0.15, 0.2) is 30.3 Å². The van der Waals surface area contributed by atoms with Crippen LogP contribution in [0, 0.1) is 6.92 Å². The first-order valence-corrected chi connectivity index (χ1v) is 7.08. The smallest absolute Gasteiger partial charge is 0.219 e. The predicted molar refractivity (Wildman–Crippen MR) is 82.6 cm³/mol. The van der Waals surface area contributed by atoms with E-state index in [0.717, 1.165) is 40.6 Å². The summed E-state index contributed by atoms with van der Waals surface area (Å²) in [7, 11) is 1.92. The Morgan fingerprint density at radius 2 is 2.05 bits per heavy atom. The zero-order valence-electron chi connectivity index (χ0n) is 12.0. The number of pyridine rings is 1. The molecule has 0 radical (unpaired) electrons. The summed E-state index contributed by atoms with van der Waals surface area (Å²) in [6, 6.07) is 9.68. The Bertz CT molecular complexity index is 599. The number of aromatic nitrogens is 1. The molecular weight excluding hydrogens is 272 g/mol. The minimum atomic E-state index is 0.611. The van der Waals surface area contributed by atoms with Crippen LogP contribution in [-0.2, 0) is 13.0 Å². The van der Waals surface area contributed by atoms with Crippen molar-refractivity contribution in [3.8, 4) is 11.6 Å². The van der Waals surface area contributed by atoms with Crippen LogP contribution < -0.4 is 10.1 Å². The maximum absolute atomic E-state index is 6.11. The van der Waals surface area contributed by atoms with E-state index in [1.807, 2.05) is 44.3 Å². The van der Waals surface area contributed by atoms with E-state index < -0.39 is 0 Å². The number of rotatable bonds is 5. The van der Waals surface area contributed by atoms with Crippen LogP contribution in [0.4, 0.5) is 0 Å². The van der Waals surface area contributed by atoms with Gasteiger partial charge in [0.2, 0.25) is 5.88 Å². The molecule has 0 aliphatic heterocycles. The SMILES string of the molecule is CCc1cc(Oc2cc(CNC)cc(C)n2)ccc1Cl. The molecule has 0 unspecified atom stereocenters. The van der Waals surface area contributed by atoms with Gasteiger partial charge in [0.15, 0.2) is 0 Å². The normalized spacial score (nSPS) is 10.6. The van der Waals surface area contributed by atoms with Crippen LogP contribution in [0.5, 0.6) is 11.6 Å². The third kappa shape index (κ3) is 3.71. The number of hydrogen-bond acceptors (Lipinski definition) is 3. The Labute approximate surface area is 124 Å². The van der Waals surface area contributed by atoms with Gasteiger partial charge >= 0.3 is 0 Å². The molecule has 1 heterocycles. The maximum Gasteiger partial charge on any atom is 0.219 e. The third-order valence-corrected chi connectivity index (χ3v) is 3.36. The number of halogens is 1. The van der Waals surface area contributed by atoms with Gasteiger partial charge in [0, 0.05) is 23.3 Å². The Morgan fingerprint density at radius 1 is 1.25 bits per heavy atom. The summed E-state index contributed by atoms with van der Waals surface area (Å²) in [5.41, 5.74) is 3.17. The van der Waals surface area contributed by atoms with Gasteiger partial charge in [-0.15, -0.1) is 0 Å². The molecule has 0 spiro atoms. The molecule has 1 aromatic heterocycles. The zero-order chi connectivity index (χ0) is 14.5. The first-order chi connectivity index (χ1) is 9.62. The van der Waals surface area contributed by atoms with Crippen LogP contribution >= 0.6 is 11.6 Å². The van der Waals surface area contributed by atoms with E-state index in [9.17, 15) is 0 Å². The van der Waals surface area contributed by atoms with E-state index in [0.29, 0.717) is 5.88 Å². The van der Waals surface area contributed by atoms with Crippen molar-refractivity contribution in [3.05, 3.63) is 52.2 Å². The molecular formula is C16H19ClN2O. The molecule has 0 atom stereocenters. The lowest BCUT2D eigenvalue weighted by atomic mass is 10.1. The molecule has 0 bridgehead atoms. The average Bonchev–Trinajstić information content (AvgIpc) is 2.40. The molecule has 0 aliphatic carbocycles. The average molecular weight is 291 g/mol. The molecule has 3 nitrogen and oxygen atoms in total. The van der Waals surface area contributed by atoms with E-state index in [4.69, 9.17) is 16.3 Å². The monoisotopic (exact) mass is 290 g/mol. The summed E-state index contributed by atoms with van der Waals surface area (Å²) in [4.78, 5) is 4.41. The third-order valence-electron chi connectivity index (χ3n) is 2.99. The molecule has 2 aromatic rings. The van der Waals surface area contributed by atoms with Gasteiger partial charge in [0.1, 0.15) is 5.75 Å². The van der Waals surface area contributed by atoms with Gasteiger partial charge in [-0.3, -0.25) is 0 Å². The summed E-state index contributed by atoms with van der Waals surface area (Å²) in [6.45, 7) is 4.83. The second kappa shape index (κ2) is 6.73. The second-order valence-corrected chi connectivity index (χ2v) is 5.10. The van der Waals surface area contributed by atoms with Crippen LogP contribution in [0.25, 0.3) is 0 Å². The molecule has 0 saturated carbocycles. The van der Waals surface area contributed by atoms with E-state index in [-0.39, 0.29) is 0 Å². The first-order valence-electron chi connectivity index (χ1n) is 6.70. The minimum absolute atomic E-state index is 0.611. The summed E-state index contributed by atoms with van der Waals surface area (Å²) >= 11 is 6.11. The molecule has 1 aromatic carbocycles. The number of nitrogens with zero attached hydrogens (tertiary/aromatic N) is 1. The summed E-state index contributed by atoms with van der Waals surface area (Å²) in [5, 5.41) is 3.90. The summed E-state index contributed by atoms with van der Waals surface area (Å²) in [6.07, 6.45) is 0.877. The molecule has 4 heteroatoms. The highest BCUT2D eigenvalue weighted by Crippen LogP contribution is 2.26. The number of benzene rings is 1. The topological polar surface area (TPSA) is 34.1 Å². The lowest BCUT2D eigenvalue weighted by Gasteiger charge is -2.10. The standard InChI is InChI=1S/C16H19ClN2O/c1-4-13-9-14(5-6-15(13)17)20-16-8-12(10-18-3)7-11(2)19-16/h5-9,18H,4,10H2,1-3H3. The highest BCUT2D eigenvalue weighted by Gasteiger charge is 2.05. The fourth-order valence-corrected chi connectivity index (χ4v) is 2.32. The van der Waals surface area contributed by atoms with Gasteiger partial charge in [-0.25, -0.2) is 4.98 Å². The van der Waals surface area contributed by atoms with E-state index >= 15 is 0 Å². The quantitative estimate of drug-likeness (QED) is 0.899. The van der Waals surface area contributed by atoms with Crippen LogP contribution in [0.3, 0.4) is 0 Å². The van der Waals surface area contributed by atoms with Crippen molar-refractivity contribution in [2.45, 2.75) is 26.8 Å². The van der Waals surface area contributed by atoms with E-state index in [1.54, 1.807) is 0 Å². The lowest BCUT2D eigenvalue weighted by Crippen LogP contribution is -2.06. The molecule has 1 N–H and O–H groups in total. The van der Waals surface area contributed by atoms with Crippen molar-refractivity contribution in [2.24, 2.45) is 0 Å². The first kappa shape index (κ1) is 14.8. The highest BCUT2D eigenvalue weighted by atomic mass is 35.5. The molecule has 0 amide bonds. The minimum Gasteiger partial charge on any atom is -0.439 e. The van der Waals surface area contributed by atoms with E-state index in [1.165, 1.54) is 0 Å². The Kier molecular flexibility index (Phi) is 4.99. The van der Waals surface area contributed by atoms with Crippen molar-refractivity contribution >= 4 is 11.6 Å². The fourth-order valence-electron chi connectivity index (χ4n) is 2.07. The van der Waals surface area contributed by atoms with Gasteiger partial charge in [-0.05, 0) is 55.8 Å². The number of ether oxygens (including phenoxy) is 1. The number of hydrogen-bond donors (Lipinski definition) is 1. The van der Waals surface area contributed by atoms with Crippen molar-refractivity contribution in [3.63, 3.8) is 0 Å². The largest absolute Gasteiger partial charge is 0.439 e. The lowest BCUT2D eigenvalue weighted by molar-refractivity contribution is 0.460. The van der Waals surface area contributed by atoms with Gasteiger partial charge < -0.3 is 10.1 Å². The van der Waals surface area contributed by atoms with Crippen molar-refractivity contribution in [1.29, 1.82) is 0 Å². The van der Waals surface area contributed by atoms with Gasteiger partial charge in [-0.1, -0.05) is 18.5 Å². The fraction of sp³-hybridized carbons (Fsp3) is 0.312. The molecule has 0 fully saturated rings. The Morgan fingerprint density at radius 3 is 2.75 bits per heavy atom. The summed E-state index contributed by atoms with van der Waals surface area (Å²) in [5.74, 6) is 1.37. The number of nitrogens with one attached hydrogen (secondary N) is 1. The molecule has 2 rings (SSSR count). The number of aryl methyl sites for hydroxylation is 2. The Balaban J connectivity index is 2.25. The van der Waals surface area contributed by atoms with Crippen molar-refractivity contribution < 1.29 is 4.74 Å². The second-order valence-electron chi connectivity index (χ2n) is 4.69. The molecule has 106 valence electrons. The zero-order valence-corrected chi connectivity index (χ0v) is 12.8. The van der Waals surface area contributed by atoms with Gasteiger partial charge in [0.05, 0.1) is 0 Å². The highest BCUT2D eigenvalue weighted by molar-refractivity contribution is 6.31. The molecule has 20 heavy (non-hydrogen) atoms. The van der Waals surface area contributed by atoms with E-state index in [2.05, 4.69) is 17.2 Å². The van der Waals surface area contributed by atoms with Gasteiger partial charge in [0.25, 0.3) is 0 Å².